The minimum absolute atomic E-state index is 0.0971. The molecule has 7 nitrogen and oxygen atoms in total. The van der Waals surface area contributed by atoms with Crippen LogP contribution >= 0.6 is 0 Å². The molecule has 3 aliphatic rings. The van der Waals surface area contributed by atoms with Crippen LogP contribution < -0.4 is 9.62 Å². The zero-order valence-corrected chi connectivity index (χ0v) is 15.4. The number of rotatable bonds is 5. The fraction of sp³-hybridized carbons (Fsp3) is 0.556. The van der Waals surface area contributed by atoms with Gasteiger partial charge in [0.1, 0.15) is 0 Å². The van der Waals surface area contributed by atoms with Gasteiger partial charge in [-0.05, 0) is 63.6 Å². The number of carboxylic acid groups (broad SMARTS) is 1. The largest absolute Gasteiger partial charge is 0.478 e. The Morgan fingerprint density at radius 3 is 2.23 bits per heavy atom. The smallest absolute Gasteiger partial charge is 0.335 e. The maximum Gasteiger partial charge on any atom is 0.335 e. The third kappa shape index (κ3) is 2.67. The van der Waals surface area contributed by atoms with E-state index >= 15 is 0 Å². The number of carboxylic acids is 1. The molecule has 8 heteroatoms. The highest BCUT2D eigenvalue weighted by atomic mass is 32.2. The van der Waals surface area contributed by atoms with E-state index in [0.29, 0.717) is 18.5 Å². The van der Waals surface area contributed by atoms with Gasteiger partial charge in [-0.1, -0.05) is 0 Å². The van der Waals surface area contributed by atoms with Gasteiger partial charge in [0.2, 0.25) is 10.0 Å². The normalized spacial score (nSPS) is 26.0. The van der Waals surface area contributed by atoms with Gasteiger partial charge in [-0.15, -0.1) is 0 Å². The first kappa shape index (κ1) is 17.3. The van der Waals surface area contributed by atoms with Crippen LogP contribution in [0.4, 0.5) is 5.69 Å². The van der Waals surface area contributed by atoms with Crippen molar-refractivity contribution in [3.63, 3.8) is 0 Å². The van der Waals surface area contributed by atoms with Gasteiger partial charge in [0.25, 0.3) is 5.91 Å². The van der Waals surface area contributed by atoms with Crippen molar-refractivity contribution in [3.8, 4) is 0 Å². The highest BCUT2D eigenvalue weighted by Gasteiger charge is 2.51. The first-order valence-corrected chi connectivity index (χ1v) is 10.4. The molecule has 140 valence electrons. The van der Waals surface area contributed by atoms with E-state index in [9.17, 15) is 23.1 Å². The van der Waals surface area contributed by atoms with Gasteiger partial charge in [0.05, 0.1) is 21.6 Å². The van der Waals surface area contributed by atoms with Gasteiger partial charge in [-0.2, -0.15) is 0 Å². The van der Waals surface area contributed by atoms with Gasteiger partial charge >= 0.3 is 5.97 Å². The number of nitrogens with zero attached hydrogens (tertiary/aromatic N) is 1. The van der Waals surface area contributed by atoms with E-state index in [1.165, 1.54) is 18.2 Å². The van der Waals surface area contributed by atoms with Crippen LogP contribution in [0.1, 0.15) is 66.2 Å². The summed E-state index contributed by atoms with van der Waals surface area (Å²) < 4.78 is 26.1. The Labute approximate surface area is 152 Å². The van der Waals surface area contributed by atoms with E-state index in [1.54, 1.807) is 6.92 Å². The van der Waals surface area contributed by atoms with Crippen LogP contribution in [0.3, 0.4) is 0 Å². The van der Waals surface area contributed by atoms with Crippen molar-refractivity contribution in [2.24, 2.45) is 0 Å². The molecule has 1 aliphatic carbocycles. The number of hydrogen-bond acceptors (Lipinski definition) is 5. The first-order valence-electron chi connectivity index (χ1n) is 8.94. The van der Waals surface area contributed by atoms with Gasteiger partial charge in [0, 0.05) is 12.1 Å². The Bertz CT molecular complexity index is 871. The van der Waals surface area contributed by atoms with E-state index in [-0.39, 0.29) is 23.2 Å². The molecule has 1 aromatic rings. The summed E-state index contributed by atoms with van der Waals surface area (Å²) in [7, 11) is -3.75. The topological polar surface area (TPSA) is 104 Å². The molecule has 2 N–H and O–H groups in total. The van der Waals surface area contributed by atoms with E-state index < -0.39 is 26.6 Å². The van der Waals surface area contributed by atoms with Crippen molar-refractivity contribution in [1.29, 1.82) is 0 Å². The first-order chi connectivity index (χ1) is 12.2. The Kier molecular flexibility index (Phi) is 3.80. The number of carbonyl (C=O) groups excluding carboxylic acids is 1. The molecule has 1 saturated carbocycles. The lowest BCUT2D eigenvalue weighted by Crippen LogP contribution is -2.39. The lowest BCUT2D eigenvalue weighted by atomic mass is 10.0. The maximum absolute atomic E-state index is 12.8. The molecule has 26 heavy (non-hydrogen) atoms. The molecule has 0 spiro atoms. The molecule has 2 aliphatic heterocycles. The number of nitrogens with one attached hydrogen (secondary N) is 1. The van der Waals surface area contributed by atoms with Crippen LogP contribution in [0.2, 0.25) is 0 Å². The molecule has 1 amide bonds. The summed E-state index contributed by atoms with van der Waals surface area (Å²) in [6.45, 7) is 1.62. The number of benzene rings is 1. The molecule has 2 bridgehead atoms. The van der Waals surface area contributed by atoms with E-state index in [4.69, 9.17) is 0 Å². The summed E-state index contributed by atoms with van der Waals surface area (Å²) >= 11 is 0. The zero-order valence-electron chi connectivity index (χ0n) is 14.6. The number of anilines is 1. The Morgan fingerprint density at radius 2 is 1.73 bits per heavy atom. The lowest BCUT2D eigenvalue weighted by Gasteiger charge is -2.27. The Morgan fingerprint density at radius 1 is 1.15 bits per heavy atom. The molecule has 2 heterocycles. The molecular formula is C18H22N2O5S. The minimum atomic E-state index is -3.75. The maximum atomic E-state index is 12.8. The second-order valence-electron chi connectivity index (χ2n) is 7.79. The van der Waals surface area contributed by atoms with Crippen molar-refractivity contribution in [3.05, 3.63) is 29.3 Å². The van der Waals surface area contributed by atoms with Gasteiger partial charge < -0.3 is 10.0 Å². The van der Waals surface area contributed by atoms with Crippen LogP contribution in [0.25, 0.3) is 0 Å². The molecule has 3 fully saturated rings. The summed E-state index contributed by atoms with van der Waals surface area (Å²) in [5.74, 6) is -1.75. The fourth-order valence-corrected chi connectivity index (χ4v) is 5.36. The molecule has 2 saturated heterocycles. The summed E-state index contributed by atoms with van der Waals surface area (Å²) in [6, 6.07) is 4.85. The van der Waals surface area contributed by atoms with Crippen LogP contribution in [0, 0.1) is 0 Å². The molecule has 4 rings (SSSR count). The molecule has 1 aromatic carbocycles. The lowest BCUT2D eigenvalue weighted by molar-refractivity contribution is 0.0696. The number of sulfonamides is 1. The highest BCUT2D eigenvalue weighted by Crippen LogP contribution is 2.44. The third-order valence-electron chi connectivity index (χ3n) is 6.05. The number of amides is 1. The van der Waals surface area contributed by atoms with Gasteiger partial charge in [0.15, 0.2) is 0 Å². The van der Waals surface area contributed by atoms with E-state index in [1.807, 2.05) is 0 Å². The second-order valence-corrected chi connectivity index (χ2v) is 9.99. The third-order valence-corrected chi connectivity index (χ3v) is 8.21. The number of aromatic carboxylic acids is 1. The van der Waals surface area contributed by atoms with Crippen molar-refractivity contribution < 1.29 is 23.1 Å². The van der Waals surface area contributed by atoms with Crippen molar-refractivity contribution in [2.75, 3.05) is 4.90 Å². The zero-order chi connectivity index (χ0) is 18.7. The van der Waals surface area contributed by atoms with Crippen molar-refractivity contribution >= 4 is 27.6 Å². The van der Waals surface area contributed by atoms with Crippen LogP contribution in [0.15, 0.2) is 18.2 Å². The van der Waals surface area contributed by atoms with E-state index in [0.717, 1.165) is 25.7 Å². The standard InChI is InChI=1S/C18H22N2O5S/c1-18(8-9-18)26(24,25)19-16(21)14-7-2-11(17(22)23)10-15(14)20-12-3-4-13(20)6-5-12/h2,7,10,12-13H,3-6,8-9H2,1H3,(H,19,21)(H,22,23). The van der Waals surface area contributed by atoms with Crippen molar-refractivity contribution in [2.45, 2.75) is 62.3 Å². The van der Waals surface area contributed by atoms with Crippen LogP contribution in [0.5, 0.6) is 0 Å². The summed E-state index contributed by atoms with van der Waals surface area (Å²) in [6.07, 6.45) is 5.13. The predicted molar refractivity (Wildman–Crippen MR) is 95.9 cm³/mol. The Hall–Kier alpha value is -2.09. The number of fused-ring (bicyclic) bond motifs is 2. The molecule has 0 atom stereocenters. The van der Waals surface area contributed by atoms with Gasteiger partial charge in [-0.3, -0.25) is 4.79 Å². The summed E-state index contributed by atoms with van der Waals surface area (Å²) in [5, 5.41) is 9.32. The summed E-state index contributed by atoms with van der Waals surface area (Å²) in [4.78, 5) is 26.3. The summed E-state index contributed by atoms with van der Waals surface area (Å²) in [5.41, 5.74) is 0.852. The average Bonchev–Trinajstić information content (AvgIpc) is 3.09. The molecule has 0 radical (unpaired) electrons. The highest BCUT2D eigenvalue weighted by molar-refractivity contribution is 7.91. The predicted octanol–water partition coefficient (Wildman–Crippen LogP) is 2.13. The number of carbonyl (C=O) groups is 2. The van der Waals surface area contributed by atoms with Crippen LogP contribution in [-0.4, -0.2) is 42.2 Å². The van der Waals surface area contributed by atoms with Crippen LogP contribution in [-0.2, 0) is 10.0 Å². The van der Waals surface area contributed by atoms with Gasteiger partial charge in [-0.25, -0.2) is 17.9 Å². The van der Waals surface area contributed by atoms with Crippen molar-refractivity contribution in [1.82, 2.24) is 4.72 Å². The fourth-order valence-electron chi connectivity index (χ4n) is 4.12. The SMILES string of the molecule is CC1(S(=O)(=O)NC(=O)c2ccc(C(=O)O)cc2N2C3CCC2CC3)CC1. The Balaban J connectivity index is 1.71. The molecule has 0 unspecified atom stereocenters. The monoisotopic (exact) mass is 378 g/mol. The average molecular weight is 378 g/mol. The van der Waals surface area contributed by atoms with E-state index in [2.05, 4.69) is 9.62 Å². The molecular weight excluding hydrogens is 356 g/mol. The minimum Gasteiger partial charge on any atom is -0.478 e. The quantitative estimate of drug-likeness (QED) is 0.813. The number of hydrogen-bond donors (Lipinski definition) is 2. The second kappa shape index (κ2) is 5.70. The molecule has 0 aromatic heterocycles.